The average molecular weight is 1380 g/mol. The summed E-state index contributed by atoms with van der Waals surface area (Å²) in [5.74, 6) is 0.752. The van der Waals surface area contributed by atoms with Crippen molar-refractivity contribution in [2.24, 2.45) is 0 Å². The summed E-state index contributed by atoms with van der Waals surface area (Å²) < 4.78 is 43.2. The van der Waals surface area contributed by atoms with E-state index < -0.39 is 106 Å². The molecule has 102 heavy (non-hydrogen) atoms. The van der Waals surface area contributed by atoms with E-state index >= 15 is 0 Å². The van der Waals surface area contributed by atoms with Gasteiger partial charge in [-0.1, -0.05) is 36.5 Å². The van der Waals surface area contributed by atoms with Gasteiger partial charge in [-0.05, 0) is 111 Å². The molecule has 16 aliphatic heterocycles. The Morgan fingerprint density at radius 3 is 0.441 bits per heavy atom. The minimum atomic E-state index is -0.810. The molecule has 0 aliphatic carbocycles. The van der Waals surface area contributed by atoms with E-state index in [1.165, 1.54) is 72.8 Å². The van der Waals surface area contributed by atoms with Gasteiger partial charge >= 0.3 is 0 Å². The minimum Gasteiger partial charge on any atom is -0.493 e. The molecule has 0 fully saturated rings. The van der Waals surface area contributed by atoms with E-state index in [4.69, 9.17) is 28.4 Å². The van der Waals surface area contributed by atoms with E-state index in [9.17, 15) is 57.5 Å². The van der Waals surface area contributed by atoms with Crippen LogP contribution in [0.5, 0.6) is 34.5 Å². The van der Waals surface area contributed by atoms with E-state index in [2.05, 4.69) is 39.5 Å². The van der Waals surface area contributed by atoms with E-state index in [0.29, 0.717) is 38.5 Å². The molecular weight excluding hydrogens is 1310 g/mol. The number of aromatic nitrogens is 6. The van der Waals surface area contributed by atoms with Crippen molar-refractivity contribution in [1.82, 2.24) is 27.4 Å². The highest BCUT2D eigenvalue weighted by atomic mass is 16.5. The summed E-state index contributed by atoms with van der Waals surface area (Å²) in [6.07, 6.45) is 11.7. The number of benzene rings is 6. The van der Waals surface area contributed by atoms with Crippen LogP contribution in [0, 0.1) is 0 Å². The van der Waals surface area contributed by atoms with Crippen LogP contribution in [0.4, 0.5) is 0 Å². The molecule has 0 saturated carbocycles. The molecule has 0 unspecified atom stereocenters. The Morgan fingerprint density at radius 2 is 0.333 bits per heavy atom. The van der Waals surface area contributed by atoms with Gasteiger partial charge in [0.15, 0.2) is 0 Å². The molecule has 22 heterocycles. The van der Waals surface area contributed by atoms with Gasteiger partial charge in [0.2, 0.25) is 0 Å². The lowest BCUT2D eigenvalue weighted by molar-refractivity contribution is 0.309. The normalized spacial score (nSPS) is 12.5. The van der Waals surface area contributed by atoms with Gasteiger partial charge < -0.3 is 28.4 Å². The summed E-state index contributed by atoms with van der Waals surface area (Å²) >= 11 is 0. The van der Waals surface area contributed by atoms with Gasteiger partial charge in [0.05, 0.1) is 144 Å². The van der Waals surface area contributed by atoms with Crippen LogP contribution in [0.1, 0.15) is 71.9 Å². The number of hydrogen-bond acceptors (Lipinski definition) is 18. The highest BCUT2D eigenvalue weighted by Crippen LogP contribution is 2.35. The predicted octanol–water partition coefficient (Wildman–Crippen LogP) is 6.70. The van der Waals surface area contributed by atoms with Crippen molar-refractivity contribution in [2.45, 2.75) is 77.8 Å². The molecule has 28 rings (SSSR count). The number of hydrogen-bond donors (Lipinski definition) is 0. The molecule has 0 atom stereocenters. The number of rotatable bonds is 24. The van der Waals surface area contributed by atoms with Crippen molar-refractivity contribution >= 4 is 64.6 Å². The molecule has 0 radical (unpaired) electrons. The predicted molar refractivity (Wildman–Crippen MR) is 390 cm³/mol. The van der Waals surface area contributed by atoms with Crippen molar-refractivity contribution in [3.05, 3.63) is 306 Å². The first-order chi connectivity index (χ1) is 49.3. The van der Waals surface area contributed by atoms with E-state index in [0.717, 1.165) is 27.4 Å². The van der Waals surface area contributed by atoms with E-state index in [1.54, 1.807) is 36.5 Å². The molecule has 6 aromatic heterocycles. The first kappa shape index (κ1) is 67.9. The zero-order valence-corrected chi connectivity index (χ0v) is 55.4. The standard InChI is InChI=1S/C78H66N6O18/c1-7-13-19-97-61-25-44-38-80-69(87)51-33-55-56(34-52(51)70(80)88)74(92)82(73(55)91)40-46-28-66(102-24-18-12-6)48(30-65(46)101-23-17-11-5)42-84-77(95)59-35-57-58(36-60(59)78(84)96)76(94)83(75(57)93)41-47-29-63(99-21-15-9-3)45(27-64(47)100-22-16-10-4)39-81-71(89)53-31-49-50(32-54(53)72(81)90)68(86)79(67(49)85)37-43(61)26-62(44)98-20-14-8-2/h7-12,25-36H,1-6,13-24,37-42H2. The lowest BCUT2D eigenvalue weighted by atomic mass is 10.1. The average Bonchev–Trinajstić information content (AvgIpc) is 1.59. The summed E-state index contributed by atoms with van der Waals surface area (Å²) in [5, 5.41) is -2.02. The van der Waals surface area contributed by atoms with Gasteiger partial charge in [0.1, 0.15) is 34.5 Å². The first-order valence-corrected chi connectivity index (χ1v) is 32.9. The second-order valence-corrected chi connectivity index (χ2v) is 24.8. The zero-order valence-electron chi connectivity index (χ0n) is 55.4. The molecular formula is C78H66N6O18. The maximum atomic E-state index is 14.6. The van der Waals surface area contributed by atoms with Gasteiger partial charge in [0.25, 0.3) is 66.7 Å². The maximum Gasteiger partial charge on any atom is 0.261 e. The Labute approximate surface area is 576 Å². The summed E-state index contributed by atoms with van der Waals surface area (Å²) in [6.45, 7) is 20.5. The second kappa shape index (κ2) is 28.0. The molecule has 0 spiro atoms. The van der Waals surface area contributed by atoms with Crippen LogP contribution in [0.3, 0.4) is 0 Å². The van der Waals surface area contributed by atoms with Crippen LogP contribution in [-0.4, -0.2) is 67.0 Å². The third kappa shape index (κ3) is 12.0. The fourth-order valence-electron chi connectivity index (χ4n) is 13.1. The molecule has 24 heteroatoms. The Kier molecular flexibility index (Phi) is 18.6. The molecule has 0 amide bonds. The summed E-state index contributed by atoms with van der Waals surface area (Å²) in [4.78, 5) is 176. The molecule has 12 aromatic rings. The van der Waals surface area contributed by atoms with Crippen LogP contribution in [0.15, 0.2) is 206 Å². The van der Waals surface area contributed by atoms with Gasteiger partial charge in [-0.2, -0.15) is 0 Å². The van der Waals surface area contributed by atoms with Gasteiger partial charge in [0, 0.05) is 33.4 Å². The van der Waals surface area contributed by atoms with Crippen molar-refractivity contribution in [2.75, 3.05) is 39.6 Å². The third-order valence-corrected chi connectivity index (χ3v) is 18.4. The largest absolute Gasteiger partial charge is 0.493 e. The lowest BCUT2D eigenvalue weighted by Gasteiger charge is -2.18. The molecule has 0 saturated heterocycles. The van der Waals surface area contributed by atoms with Gasteiger partial charge in [-0.15, -0.1) is 39.5 Å². The fraction of sp³-hybridized carbons (Fsp3) is 0.231. The summed E-state index contributed by atoms with van der Waals surface area (Å²) in [7, 11) is 0. The second-order valence-electron chi connectivity index (χ2n) is 24.8. The lowest BCUT2D eigenvalue weighted by Crippen LogP contribution is -2.28. The zero-order chi connectivity index (χ0) is 71.9. The van der Waals surface area contributed by atoms with Crippen molar-refractivity contribution in [3.63, 3.8) is 0 Å². The SMILES string of the molecule is C=CCCOc1cc2c(OCCC=C)cc1Cn1c(=O)c3cc4c(=O)n(c(=O)c4cc3c1=O)Cc1cc(OCCC=C)c(cc1OCCC=C)Cn1c(=O)c3cc4c(=O)n(c(=O)c4cc3c1=O)Cc1cc(OCCC=C)c(cc1OCCC=C)Cn1c(=O)c3cc4c(=O)n(c(=O)c4cc3c1=O)C2. The van der Waals surface area contributed by atoms with Crippen LogP contribution in [0.2, 0.25) is 0 Å². The maximum absolute atomic E-state index is 14.6. The smallest absolute Gasteiger partial charge is 0.261 e. The topological polar surface area (TPSA) is 290 Å². The molecule has 516 valence electrons. The number of nitrogens with zero attached hydrogens (tertiary/aromatic N) is 6. The monoisotopic (exact) mass is 1370 g/mol. The van der Waals surface area contributed by atoms with Crippen LogP contribution >= 0.6 is 0 Å². The first-order valence-electron chi connectivity index (χ1n) is 32.9. The highest BCUT2D eigenvalue weighted by Gasteiger charge is 2.29. The molecule has 6 aromatic carbocycles. The van der Waals surface area contributed by atoms with Crippen molar-refractivity contribution < 1.29 is 28.4 Å². The Balaban J connectivity index is 1.02. The molecule has 0 N–H and O–H groups in total. The summed E-state index contributed by atoms with van der Waals surface area (Å²) in [6, 6.07) is 16.3. The Bertz CT molecular complexity index is 5040. The Hall–Kier alpha value is -12.6. The van der Waals surface area contributed by atoms with E-state index in [1.807, 2.05) is 0 Å². The number of ether oxygens (including phenoxy) is 6. The third-order valence-electron chi connectivity index (χ3n) is 18.4. The highest BCUT2D eigenvalue weighted by molar-refractivity contribution is 6.00. The molecule has 24 bridgehead atoms. The fourth-order valence-corrected chi connectivity index (χ4v) is 13.1. The molecule has 16 aliphatic rings. The van der Waals surface area contributed by atoms with Gasteiger partial charge in [-0.25, -0.2) is 0 Å². The van der Waals surface area contributed by atoms with Crippen molar-refractivity contribution in [1.29, 1.82) is 0 Å². The molecule has 24 nitrogen and oxygen atoms in total. The van der Waals surface area contributed by atoms with Crippen LogP contribution in [0.25, 0.3) is 64.6 Å². The summed E-state index contributed by atoms with van der Waals surface area (Å²) in [5.41, 5.74) is -8.22. The Morgan fingerprint density at radius 1 is 0.216 bits per heavy atom. The van der Waals surface area contributed by atoms with Crippen molar-refractivity contribution in [3.8, 4) is 34.5 Å². The van der Waals surface area contributed by atoms with E-state index in [-0.39, 0.29) is 172 Å². The quantitative estimate of drug-likeness (QED) is 0.0449. The van der Waals surface area contributed by atoms with Gasteiger partial charge in [-0.3, -0.25) is 84.9 Å². The minimum absolute atomic E-state index is 0.0514. The van der Waals surface area contributed by atoms with Crippen LogP contribution in [-0.2, 0) is 39.3 Å². The van der Waals surface area contributed by atoms with Crippen LogP contribution < -0.4 is 95.1 Å².